The molecule has 2 aromatic carbocycles. The Bertz CT molecular complexity index is 857. The van der Waals surface area contributed by atoms with E-state index in [2.05, 4.69) is 11.1 Å². The van der Waals surface area contributed by atoms with E-state index < -0.39 is 0 Å². The highest BCUT2D eigenvalue weighted by atomic mass is 32.2. The molecule has 0 atom stereocenters. The van der Waals surface area contributed by atoms with Gasteiger partial charge in [0.15, 0.2) is 5.16 Å². The van der Waals surface area contributed by atoms with E-state index in [-0.39, 0.29) is 10.6 Å². The van der Waals surface area contributed by atoms with Gasteiger partial charge in [0.05, 0.1) is 21.6 Å². The highest BCUT2D eigenvalue weighted by molar-refractivity contribution is 7.98. The number of thioether (sulfide) groups is 1. The molecule has 0 aliphatic carbocycles. The molecule has 1 aliphatic heterocycles. The molecule has 0 unspecified atom stereocenters. The van der Waals surface area contributed by atoms with Gasteiger partial charge in [-0.25, -0.2) is 4.98 Å². The zero-order chi connectivity index (χ0) is 13.7. The summed E-state index contributed by atoms with van der Waals surface area (Å²) in [5.74, 6) is 0.877. The Morgan fingerprint density at radius 1 is 1.25 bits per heavy atom. The first-order valence-electron chi connectivity index (χ1n) is 6.12. The molecule has 5 nitrogen and oxygen atoms in total. The summed E-state index contributed by atoms with van der Waals surface area (Å²) >= 11 is 1.65. The third-order valence-electron chi connectivity index (χ3n) is 3.41. The minimum Gasteiger partial charge on any atom is -0.287 e. The van der Waals surface area contributed by atoms with Crippen molar-refractivity contribution in [3.8, 4) is 5.69 Å². The van der Waals surface area contributed by atoms with Crippen LogP contribution >= 0.6 is 11.8 Å². The van der Waals surface area contributed by atoms with Crippen LogP contribution in [0.15, 0.2) is 47.6 Å². The van der Waals surface area contributed by atoms with E-state index in [0.29, 0.717) is 0 Å². The fraction of sp³-hybridized carbons (Fsp3) is 0.0714. The summed E-state index contributed by atoms with van der Waals surface area (Å²) in [6, 6.07) is 12.9. The largest absolute Gasteiger partial charge is 0.287 e. The lowest BCUT2D eigenvalue weighted by molar-refractivity contribution is -0.384. The molecule has 0 bridgehead atoms. The Morgan fingerprint density at radius 2 is 2.10 bits per heavy atom. The second-order valence-electron chi connectivity index (χ2n) is 4.58. The number of hydrogen-bond donors (Lipinski definition) is 0. The van der Waals surface area contributed by atoms with Crippen molar-refractivity contribution in [3.05, 3.63) is 58.1 Å². The minimum absolute atomic E-state index is 0.0910. The van der Waals surface area contributed by atoms with E-state index in [1.54, 1.807) is 23.9 Å². The summed E-state index contributed by atoms with van der Waals surface area (Å²) in [6.45, 7) is 0. The van der Waals surface area contributed by atoms with Crippen LogP contribution in [0.1, 0.15) is 5.56 Å². The maximum atomic E-state index is 11.0. The van der Waals surface area contributed by atoms with Gasteiger partial charge >= 0.3 is 0 Å². The average molecular weight is 283 g/mol. The van der Waals surface area contributed by atoms with Crippen molar-refractivity contribution in [2.45, 2.75) is 10.9 Å². The fourth-order valence-corrected chi connectivity index (χ4v) is 3.50. The van der Waals surface area contributed by atoms with Crippen LogP contribution in [-0.2, 0) is 5.75 Å². The second-order valence-corrected chi connectivity index (χ2v) is 5.52. The zero-order valence-corrected chi connectivity index (χ0v) is 11.1. The number of imidazole rings is 1. The monoisotopic (exact) mass is 283 g/mol. The number of aromatic nitrogens is 2. The normalized spacial score (nSPS) is 13.0. The van der Waals surface area contributed by atoms with Crippen LogP contribution in [-0.4, -0.2) is 14.5 Å². The van der Waals surface area contributed by atoms with Crippen molar-refractivity contribution >= 4 is 28.5 Å². The maximum Gasteiger partial charge on any atom is 0.271 e. The van der Waals surface area contributed by atoms with Gasteiger partial charge in [-0.05, 0) is 17.7 Å². The van der Waals surface area contributed by atoms with Crippen LogP contribution in [0.4, 0.5) is 5.69 Å². The highest BCUT2D eigenvalue weighted by Gasteiger charge is 2.21. The fourth-order valence-electron chi connectivity index (χ4n) is 2.48. The van der Waals surface area contributed by atoms with Crippen molar-refractivity contribution in [3.63, 3.8) is 0 Å². The summed E-state index contributed by atoms with van der Waals surface area (Å²) in [5.41, 5.74) is 3.94. The molecule has 0 N–H and O–H groups in total. The first-order chi connectivity index (χ1) is 9.74. The van der Waals surface area contributed by atoms with Gasteiger partial charge in [0.25, 0.3) is 5.69 Å². The third-order valence-corrected chi connectivity index (χ3v) is 4.39. The zero-order valence-electron chi connectivity index (χ0n) is 10.3. The Kier molecular flexibility index (Phi) is 2.34. The quantitative estimate of drug-likeness (QED) is 0.506. The van der Waals surface area contributed by atoms with Gasteiger partial charge in [-0.1, -0.05) is 30.0 Å². The molecule has 1 aromatic heterocycles. The second kappa shape index (κ2) is 4.08. The molecule has 98 valence electrons. The van der Waals surface area contributed by atoms with Crippen LogP contribution in [0.5, 0.6) is 0 Å². The van der Waals surface area contributed by atoms with E-state index in [0.717, 1.165) is 27.6 Å². The van der Waals surface area contributed by atoms with E-state index in [1.165, 1.54) is 11.6 Å². The first kappa shape index (κ1) is 11.5. The molecule has 0 radical (unpaired) electrons. The number of benzene rings is 2. The Hall–Kier alpha value is -2.34. The SMILES string of the molecule is O=[N+]([O-])c1ccc2nc3n(c2c1)-c1ccccc1CS3. The molecule has 6 heteroatoms. The van der Waals surface area contributed by atoms with Gasteiger partial charge < -0.3 is 0 Å². The highest BCUT2D eigenvalue weighted by Crippen LogP contribution is 2.37. The van der Waals surface area contributed by atoms with Crippen molar-refractivity contribution in [2.24, 2.45) is 0 Å². The molecule has 0 fully saturated rings. The molecule has 0 saturated carbocycles. The summed E-state index contributed by atoms with van der Waals surface area (Å²) in [7, 11) is 0. The Balaban J connectivity index is 2.07. The minimum atomic E-state index is -0.374. The number of hydrogen-bond acceptors (Lipinski definition) is 4. The molecule has 3 aromatic rings. The van der Waals surface area contributed by atoms with E-state index >= 15 is 0 Å². The van der Waals surface area contributed by atoms with E-state index in [4.69, 9.17) is 0 Å². The van der Waals surface area contributed by atoms with Crippen molar-refractivity contribution in [2.75, 3.05) is 0 Å². The predicted octanol–water partition coefficient (Wildman–Crippen LogP) is 3.54. The molecule has 20 heavy (non-hydrogen) atoms. The lowest BCUT2D eigenvalue weighted by atomic mass is 10.2. The van der Waals surface area contributed by atoms with Crippen LogP contribution < -0.4 is 0 Å². The summed E-state index contributed by atoms with van der Waals surface area (Å²) in [6.07, 6.45) is 0. The van der Waals surface area contributed by atoms with E-state index in [9.17, 15) is 10.1 Å². The number of nitrogens with zero attached hydrogens (tertiary/aromatic N) is 3. The molecular formula is C14H9N3O2S. The third kappa shape index (κ3) is 1.55. The molecule has 1 aliphatic rings. The number of non-ortho nitro benzene ring substituents is 1. The first-order valence-corrected chi connectivity index (χ1v) is 7.10. The van der Waals surface area contributed by atoms with E-state index in [1.807, 2.05) is 22.8 Å². The van der Waals surface area contributed by atoms with Crippen molar-refractivity contribution in [1.82, 2.24) is 9.55 Å². The molecule has 0 amide bonds. The van der Waals surface area contributed by atoms with Gasteiger partial charge in [-0.15, -0.1) is 0 Å². The van der Waals surface area contributed by atoms with Crippen LogP contribution in [0.3, 0.4) is 0 Å². The molecule has 0 spiro atoms. The lowest BCUT2D eigenvalue weighted by Gasteiger charge is -2.18. The van der Waals surface area contributed by atoms with Gasteiger partial charge in [-0.3, -0.25) is 14.7 Å². The standard InChI is InChI=1S/C14H9N3O2S/c18-17(19)10-5-6-11-13(7-10)16-12-4-2-1-3-9(12)8-20-14(16)15-11/h1-7H,8H2. The molecule has 0 saturated heterocycles. The smallest absolute Gasteiger partial charge is 0.271 e. The number of nitro benzene ring substituents is 1. The number of nitro groups is 1. The van der Waals surface area contributed by atoms with Crippen LogP contribution in [0, 0.1) is 10.1 Å². The maximum absolute atomic E-state index is 11.0. The Morgan fingerprint density at radius 3 is 2.95 bits per heavy atom. The Labute approximate surface area is 118 Å². The number of rotatable bonds is 1. The summed E-state index contributed by atoms with van der Waals surface area (Å²) in [5, 5.41) is 11.8. The van der Waals surface area contributed by atoms with Gasteiger partial charge in [0, 0.05) is 17.9 Å². The molecule has 4 rings (SSSR count). The lowest BCUT2D eigenvalue weighted by Crippen LogP contribution is -2.05. The van der Waals surface area contributed by atoms with Crippen LogP contribution in [0.2, 0.25) is 0 Å². The predicted molar refractivity (Wildman–Crippen MR) is 77.3 cm³/mol. The van der Waals surface area contributed by atoms with Gasteiger partial charge in [0.1, 0.15) is 0 Å². The van der Waals surface area contributed by atoms with Crippen molar-refractivity contribution in [1.29, 1.82) is 0 Å². The number of para-hydroxylation sites is 1. The summed E-state index contributed by atoms with van der Waals surface area (Å²) in [4.78, 5) is 15.1. The molecule has 2 heterocycles. The number of fused-ring (bicyclic) bond motifs is 5. The van der Waals surface area contributed by atoms with Crippen LogP contribution in [0.25, 0.3) is 16.7 Å². The van der Waals surface area contributed by atoms with Gasteiger partial charge in [0.2, 0.25) is 0 Å². The summed E-state index contributed by atoms with van der Waals surface area (Å²) < 4.78 is 2.01. The average Bonchev–Trinajstić information content (AvgIpc) is 2.85. The van der Waals surface area contributed by atoms with Crippen molar-refractivity contribution < 1.29 is 4.92 Å². The van der Waals surface area contributed by atoms with Gasteiger partial charge in [-0.2, -0.15) is 0 Å². The topological polar surface area (TPSA) is 61.0 Å². The molecular weight excluding hydrogens is 274 g/mol.